The molecule has 1 N–H and O–H groups in total. The molecular formula is C18H18N4O2. The summed E-state index contributed by atoms with van der Waals surface area (Å²) >= 11 is 0. The molecule has 0 amide bonds. The molecule has 1 aromatic carbocycles. The second-order valence-corrected chi connectivity index (χ2v) is 6.40. The van der Waals surface area contributed by atoms with Crippen LogP contribution in [0.5, 0.6) is 11.5 Å². The second-order valence-electron chi connectivity index (χ2n) is 6.40. The predicted molar refractivity (Wildman–Crippen MR) is 89.1 cm³/mol. The molecule has 6 nitrogen and oxygen atoms in total. The lowest BCUT2D eigenvalue weighted by Gasteiger charge is -2.15. The van der Waals surface area contributed by atoms with Crippen molar-refractivity contribution in [3.8, 4) is 11.5 Å². The van der Waals surface area contributed by atoms with Crippen molar-refractivity contribution in [3.05, 3.63) is 47.9 Å². The number of rotatable bonds is 3. The van der Waals surface area contributed by atoms with E-state index in [1.165, 1.54) is 5.56 Å². The van der Waals surface area contributed by atoms with Crippen LogP contribution in [0.1, 0.15) is 23.7 Å². The number of aromatic nitrogens is 3. The summed E-state index contributed by atoms with van der Waals surface area (Å²) in [4.78, 5) is 14.8. The Balaban J connectivity index is 1.30. The highest BCUT2D eigenvalue weighted by molar-refractivity contribution is 5.70. The molecule has 2 aromatic heterocycles. The minimum Gasteiger partial charge on any atom is -0.454 e. The van der Waals surface area contributed by atoms with Crippen molar-refractivity contribution >= 4 is 11.2 Å². The lowest BCUT2D eigenvalue weighted by Crippen LogP contribution is -2.19. The Labute approximate surface area is 139 Å². The Kier molecular flexibility index (Phi) is 3.16. The number of imidazole rings is 1. The number of pyridine rings is 1. The summed E-state index contributed by atoms with van der Waals surface area (Å²) in [5.74, 6) is 3.18. The van der Waals surface area contributed by atoms with Gasteiger partial charge in [0.15, 0.2) is 17.1 Å². The molecule has 0 bridgehead atoms. The van der Waals surface area contributed by atoms with Crippen LogP contribution in [0.4, 0.5) is 0 Å². The number of benzene rings is 1. The first kappa shape index (κ1) is 13.8. The Bertz CT molecular complexity index is 859. The van der Waals surface area contributed by atoms with Crippen LogP contribution < -0.4 is 9.47 Å². The third kappa shape index (κ3) is 2.39. The molecule has 3 aromatic rings. The fraction of sp³-hybridized carbons (Fsp3) is 0.333. The van der Waals surface area contributed by atoms with E-state index in [9.17, 15) is 0 Å². The molecular weight excluding hydrogens is 304 g/mol. The molecule has 24 heavy (non-hydrogen) atoms. The Morgan fingerprint density at radius 1 is 1.21 bits per heavy atom. The van der Waals surface area contributed by atoms with Gasteiger partial charge in [0.1, 0.15) is 5.82 Å². The zero-order chi connectivity index (χ0) is 15.9. The Morgan fingerprint density at radius 2 is 2.17 bits per heavy atom. The van der Waals surface area contributed by atoms with Gasteiger partial charge in [-0.2, -0.15) is 0 Å². The topological polar surface area (TPSA) is 63.3 Å². The van der Waals surface area contributed by atoms with E-state index in [2.05, 4.69) is 32.0 Å². The fourth-order valence-corrected chi connectivity index (χ4v) is 3.55. The van der Waals surface area contributed by atoms with Crippen molar-refractivity contribution in [2.24, 2.45) is 0 Å². The number of nitrogens with one attached hydrogen (secondary N) is 1. The van der Waals surface area contributed by atoms with E-state index >= 15 is 0 Å². The van der Waals surface area contributed by atoms with Gasteiger partial charge in [-0.3, -0.25) is 4.90 Å². The molecule has 5 rings (SSSR count). The van der Waals surface area contributed by atoms with Crippen molar-refractivity contribution in [1.29, 1.82) is 0 Å². The fourth-order valence-electron chi connectivity index (χ4n) is 3.55. The monoisotopic (exact) mass is 322 g/mol. The van der Waals surface area contributed by atoms with Gasteiger partial charge >= 0.3 is 0 Å². The van der Waals surface area contributed by atoms with Crippen molar-refractivity contribution in [1.82, 2.24) is 19.9 Å². The third-order valence-corrected chi connectivity index (χ3v) is 4.78. The van der Waals surface area contributed by atoms with Crippen LogP contribution >= 0.6 is 0 Å². The van der Waals surface area contributed by atoms with E-state index in [0.717, 1.165) is 54.5 Å². The molecule has 2 aliphatic heterocycles. The smallest absolute Gasteiger partial charge is 0.231 e. The number of aromatic amines is 1. The van der Waals surface area contributed by atoms with Gasteiger partial charge in [-0.15, -0.1) is 0 Å². The van der Waals surface area contributed by atoms with Crippen LogP contribution in [-0.4, -0.2) is 39.7 Å². The average Bonchev–Trinajstić information content (AvgIpc) is 3.33. The van der Waals surface area contributed by atoms with E-state index in [1.54, 1.807) is 6.20 Å². The van der Waals surface area contributed by atoms with Gasteiger partial charge in [-0.05, 0) is 42.8 Å². The lowest BCUT2D eigenvalue weighted by molar-refractivity contribution is 0.174. The first-order valence-corrected chi connectivity index (χ1v) is 8.27. The van der Waals surface area contributed by atoms with Gasteiger partial charge in [0, 0.05) is 25.2 Å². The van der Waals surface area contributed by atoms with Crippen LogP contribution in [-0.2, 0) is 6.54 Å². The summed E-state index contributed by atoms with van der Waals surface area (Å²) in [6.45, 7) is 3.33. The van der Waals surface area contributed by atoms with Crippen molar-refractivity contribution in [3.63, 3.8) is 0 Å². The highest BCUT2D eigenvalue weighted by Crippen LogP contribution is 2.34. The summed E-state index contributed by atoms with van der Waals surface area (Å²) in [6.07, 6.45) is 2.90. The van der Waals surface area contributed by atoms with Crippen LogP contribution in [0.2, 0.25) is 0 Å². The van der Waals surface area contributed by atoms with Gasteiger partial charge in [-0.1, -0.05) is 6.07 Å². The molecule has 1 unspecified atom stereocenters. The number of H-pyrrole nitrogens is 1. The third-order valence-electron chi connectivity index (χ3n) is 4.78. The van der Waals surface area contributed by atoms with Crippen molar-refractivity contribution < 1.29 is 9.47 Å². The minimum atomic E-state index is 0.324. The van der Waals surface area contributed by atoms with Gasteiger partial charge in [-0.25, -0.2) is 9.97 Å². The average molecular weight is 322 g/mol. The zero-order valence-electron chi connectivity index (χ0n) is 13.2. The number of fused-ring (bicyclic) bond motifs is 2. The van der Waals surface area contributed by atoms with Crippen molar-refractivity contribution in [2.75, 3.05) is 19.9 Å². The molecule has 1 saturated heterocycles. The van der Waals surface area contributed by atoms with E-state index in [-0.39, 0.29) is 0 Å². The summed E-state index contributed by atoms with van der Waals surface area (Å²) in [6, 6.07) is 10.2. The lowest BCUT2D eigenvalue weighted by atomic mass is 10.1. The molecule has 0 radical (unpaired) electrons. The highest BCUT2D eigenvalue weighted by Gasteiger charge is 2.26. The normalized spacial score (nSPS) is 20.1. The minimum absolute atomic E-state index is 0.324. The number of hydrogen-bond acceptors (Lipinski definition) is 5. The molecule has 1 atom stereocenters. The number of ether oxygens (including phenoxy) is 2. The van der Waals surface area contributed by atoms with Gasteiger partial charge in [0.05, 0.1) is 5.52 Å². The maximum absolute atomic E-state index is 5.47. The van der Waals surface area contributed by atoms with Crippen LogP contribution in [0.3, 0.4) is 0 Å². The maximum atomic E-state index is 5.47. The van der Waals surface area contributed by atoms with E-state index in [0.29, 0.717) is 12.7 Å². The summed E-state index contributed by atoms with van der Waals surface area (Å²) in [5.41, 5.74) is 3.08. The molecule has 122 valence electrons. The van der Waals surface area contributed by atoms with Crippen LogP contribution in [0, 0.1) is 0 Å². The van der Waals surface area contributed by atoms with Gasteiger partial charge < -0.3 is 14.5 Å². The molecule has 1 fully saturated rings. The molecule has 0 saturated carbocycles. The number of hydrogen-bond donors (Lipinski definition) is 1. The van der Waals surface area contributed by atoms with E-state index in [1.807, 2.05) is 18.2 Å². The van der Waals surface area contributed by atoms with E-state index in [4.69, 9.17) is 9.47 Å². The Hall–Kier alpha value is -2.60. The maximum Gasteiger partial charge on any atom is 0.231 e. The molecule has 4 heterocycles. The van der Waals surface area contributed by atoms with Gasteiger partial charge in [0.2, 0.25) is 6.79 Å². The molecule has 0 spiro atoms. The Morgan fingerprint density at radius 3 is 3.12 bits per heavy atom. The van der Waals surface area contributed by atoms with Crippen LogP contribution in [0.15, 0.2) is 36.5 Å². The van der Waals surface area contributed by atoms with E-state index < -0.39 is 0 Å². The largest absolute Gasteiger partial charge is 0.454 e. The predicted octanol–water partition coefficient (Wildman–Crippen LogP) is 2.68. The molecule has 0 aliphatic carbocycles. The quantitative estimate of drug-likeness (QED) is 0.803. The van der Waals surface area contributed by atoms with Gasteiger partial charge in [0.25, 0.3) is 0 Å². The second kappa shape index (κ2) is 5.49. The number of likely N-dealkylation sites (tertiary alicyclic amines) is 1. The zero-order valence-corrected chi connectivity index (χ0v) is 13.2. The summed E-state index contributed by atoms with van der Waals surface area (Å²) < 4.78 is 10.8. The standard InChI is InChI=1S/C18H18N4O2/c1-2-14-18(19-6-1)21-17(20-14)13-5-7-22(10-13)9-12-3-4-15-16(8-12)24-11-23-15/h1-4,6,8,13H,5,7,9-11H2,(H,19,20,21). The number of nitrogens with zero attached hydrogens (tertiary/aromatic N) is 3. The SMILES string of the molecule is c1cnc2nc(C3CCN(Cc4ccc5c(c4)OCO5)C3)[nH]c2c1. The first-order chi connectivity index (χ1) is 11.8. The summed E-state index contributed by atoms with van der Waals surface area (Å²) in [5, 5.41) is 0. The summed E-state index contributed by atoms with van der Waals surface area (Å²) in [7, 11) is 0. The highest BCUT2D eigenvalue weighted by atomic mass is 16.7. The molecule has 6 heteroatoms. The van der Waals surface area contributed by atoms with Crippen molar-refractivity contribution in [2.45, 2.75) is 18.9 Å². The van der Waals surface area contributed by atoms with Crippen LogP contribution in [0.25, 0.3) is 11.2 Å². The molecule has 2 aliphatic rings. The first-order valence-electron chi connectivity index (χ1n) is 8.27.